The molecule has 0 saturated heterocycles. The van der Waals surface area contributed by atoms with Gasteiger partial charge in [0.15, 0.2) is 11.5 Å². The maximum absolute atomic E-state index is 13.8. The molecule has 0 aliphatic heterocycles. The summed E-state index contributed by atoms with van der Waals surface area (Å²) in [6, 6.07) is 30.2. The standard InChI is InChI=1S/C37H28N2O4/c1-24-20-25(8-9-26-10-14-29-23-30(42-2)16-15-28(29)21-26)11-17-33(24)39-36(38-32-7-5-4-6-31(32)37(39)41)19-13-27-12-18-34(40)35(22-27)43-3/h4-7,10-23,40H,1-3H3/b19-13+. The quantitative estimate of drug-likeness (QED) is 0.225. The molecule has 6 rings (SSSR count). The van der Waals surface area contributed by atoms with Crippen LogP contribution in [-0.2, 0) is 0 Å². The number of phenolic OH excluding ortho intramolecular Hbond substituents is 1. The molecule has 0 spiro atoms. The van der Waals surface area contributed by atoms with Gasteiger partial charge in [0.1, 0.15) is 11.6 Å². The predicted molar refractivity (Wildman–Crippen MR) is 172 cm³/mol. The van der Waals surface area contributed by atoms with Crippen molar-refractivity contribution in [2.75, 3.05) is 14.2 Å². The predicted octanol–water partition coefficient (Wildman–Crippen LogP) is 7.14. The highest BCUT2D eigenvalue weighted by molar-refractivity contribution is 5.85. The third kappa shape index (κ3) is 5.57. The molecule has 1 N–H and O–H groups in total. The minimum absolute atomic E-state index is 0.0560. The van der Waals surface area contributed by atoms with Gasteiger partial charge in [0.05, 0.1) is 30.8 Å². The number of rotatable bonds is 5. The zero-order valence-electron chi connectivity index (χ0n) is 24.0. The number of para-hydroxylation sites is 1. The van der Waals surface area contributed by atoms with E-state index in [9.17, 15) is 9.90 Å². The maximum Gasteiger partial charge on any atom is 0.266 e. The zero-order valence-corrected chi connectivity index (χ0v) is 24.0. The van der Waals surface area contributed by atoms with Crippen molar-refractivity contribution >= 4 is 33.8 Å². The Morgan fingerprint density at radius 2 is 1.53 bits per heavy atom. The molecule has 210 valence electrons. The molecule has 6 heteroatoms. The van der Waals surface area contributed by atoms with Crippen molar-refractivity contribution in [3.63, 3.8) is 0 Å². The van der Waals surface area contributed by atoms with E-state index in [1.807, 2.05) is 79.7 Å². The molecular formula is C37H28N2O4. The van der Waals surface area contributed by atoms with Crippen LogP contribution < -0.4 is 15.0 Å². The van der Waals surface area contributed by atoms with Crippen LogP contribution in [0.5, 0.6) is 17.2 Å². The average molecular weight is 565 g/mol. The number of fused-ring (bicyclic) bond motifs is 2. The molecule has 0 aliphatic rings. The van der Waals surface area contributed by atoms with Crippen LogP contribution in [0.25, 0.3) is 39.5 Å². The zero-order chi connectivity index (χ0) is 29.9. The number of hydrogen-bond donors (Lipinski definition) is 1. The monoisotopic (exact) mass is 564 g/mol. The van der Waals surface area contributed by atoms with Crippen LogP contribution in [0.15, 0.2) is 102 Å². The molecular weight excluding hydrogens is 536 g/mol. The largest absolute Gasteiger partial charge is 0.504 e. The highest BCUT2D eigenvalue weighted by Gasteiger charge is 2.13. The summed E-state index contributed by atoms with van der Waals surface area (Å²) >= 11 is 0. The first-order chi connectivity index (χ1) is 20.9. The number of aryl methyl sites for hydroxylation is 1. The Hall–Kier alpha value is -5.80. The van der Waals surface area contributed by atoms with Gasteiger partial charge < -0.3 is 14.6 Å². The summed E-state index contributed by atoms with van der Waals surface area (Å²) in [5.74, 6) is 8.25. The molecule has 6 nitrogen and oxygen atoms in total. The molecule has 0 aliphatic carbocycles. The fraction of sp³-hybridized carbons (Fsp3) is 0.0811. The smallest absolute Gasteiger partial charge is 0.266 e. The molecule has 0 fully saturated rings. The Kier molecular flexibility index (Phi) is 7.38. The molecule has 1 heterocycles. The number of phenols is 1. The summed E-state index contributed by atoms with van der Waals surface area (Å²) in [4.78, 5) is 18.6. The van der Waals surface area contributed by atoms with Crippen LogP contribution >= 0.6 is 0 Å². The number of ether oxygens (including phenoxy) is 2. The highest BCUT2D eigenvalue weighted by Crippen LogP contribution is 2.27. The molecule has 0 atom stereocenters. The van der Waals surface area contributed by atoms with Gasteiger partial charge in [-0.25, -0.2) is 4.98 Å². The van der Waals surface area contributed by atoms with Gasteiger partial charge >= 0.3 is 0 Å². The number of nitrogens with zero attached hydrogens (tertiary/aromatic N) is 2. The van der Waals surface area contributed by atoms with Crippen molar-refractivity contribution in [1.82, 2.24) is 9.55 Å². The Morgan fingerprint density at radius 1 is 0.791 bits per heavy atom. The second kappa shape index (κ2) is 11.6. The Morgan fingerprint density at radius 3 is 2.33 bits per heavy atom. The number of benzene rings is 5. The molecule has 0 amide bonds. The minimum Gasteiger partial charge on any atom is -0.504 e. The van der Waals surface area contributed by atoms with Crippen LogP contribution in [0, 0.1) is 18.8 Å². The van der Waals surface area contributed by atoms with E-state index in [-0.39, 0.29) is 11.3 Å². The normalized spacial score (nSPS) is 11.0. The molecule has 0 radical (unpaired) electrons. The minimum atomic E-state index is -0.164. The summed E-state index contributed by atoms with van der Waals surface area (Å²) in [6.07, 6.45) is 3.63. The lowest BCUT2D eigenvalue weighted by Crippen LogP contribution is -2.23. The van der Waals surface area contributed by atoms with Crippen molar-refractivity contribution < 1.29 is 14.6 Å². The van der Waals surface area contributed by atoms with Gasteiger partial charge in [-0.1, -0.05) is 48.2 Å². The summed E-state index contributed by atoms with van der Waals surface area (Å²) in [7, 11) is 3.16. The average Bonchev–Trinajstić information content (AvgIpc) is 3.03. The van der Waals surface area contributed by atoms with Gasteiger partial charge in [0.25, 0.3) is 5.56 Å². The number of aromatic nitrogens is 2. The molecule has 0 bridgehead atoms. The van der Waals surface area contributed by atoms with E-state index in [0.717, 1.165) is 44.5 Å². The molecule has 1 aromatic heterocycles. The first-order valence-corrected chi connectivity index (χ1v) is 13.7. The van der Waals surface area contributed by atoms with Crippen LogP contribution in [0.1, 0.15) is 28.1 Å². The van der Waals surface area contributed by atoms with Crippen molar-refractivity contribution in [2.24, 2.45) is 0 Å². The first-order valence-electron chi connectivity index (χ1n) is 13.7. The maximum atomic E-state index is 13.8. The number of aromatic hydroxyl groups is 1. The van der Waals surface area contributed by atoms with Crippen LogP contribution in [0.2, 0.25) is 0 Å². The van der Waals surface area contributed by atoms with E-state index in [2.05, 4.69) is 17.9 Å². The topological polar surface area (TPSA) is 73.6 Å². The lowest BCUT2D eigenvalue weighted by molar-refractivity contribution is 0.373. The third-order valence-corrected chi connectivity index (χ3v) is 7.27. The fourth-order valence-corrected chi connectivity index (χ4v) is 5.02. The van der Waals surface area contributed by atoms with E-state index in [1.165, 1.54) is 7.11 Å². The Labute approximate surface area is 249 Å². The lowest BCUT2D eigenvalue weighted by Gasteiger charge is -2.14. The van der Waals surface area contributed by atoms with Crippen LogP contribution in [0.4, 0.5) is 0 Å². The molecule has 43 heavy (non-hydrogen) atoms. The molecule has 0 saturated carbocycles. The van der Waals surface area contributed by atoms with Gasteiger partial charge in [-0.3, -0.25) is 9.36 Å². The lowest BCUT2D eigenvalue weighted by atomic mass is 10.1. The van der Waals surface area contributed by atoms with E-state index < -0.39 is 0 Å². The summed E-state index contributed by atoms with van der Waals surface area (Å²) in [5.41, 5.74) is 4.59. The summed E-state index contributed by atoms with van der Waals surface area (Å²) in [5, 5.41) is 12.7. The highest BCUT2D eigenvalue weighted by atomic mass is 16.5. The second-order valence-electron chi connectivity index (χ2n) is 10.1. The van der Waals surface area contributed by atoms with E-state index in [4.69, 9.17) is 14.5 Å². The fourth-order valence-electron chi connectivity index (χ4n) is 5.02. The molecule has 0 unspecified atom stereocenters. The van der Waals surface area contributed by atoms with E-state index >= 15 is 0 Å². The van der Waals surface area contributed by atoms with E-state index in [0.29, 0.717) is 22.5 Å². The van der Waals surface area contributed by atoms with Gasteiger partial charge in [0, 0.05) is 11.1 Å². The molecule has 5 aromatic carbocycles. The SMILES string of the molecule is COc1ccc2cc(C#Cc3ccc(-n4c(/C=C/c5ccc(O)c(OC)c5)nc5ccccc5c4=O)c(C)c3)ccc2c1. The van der Waals surface area contributed by atoms with Crippen molar-refractivity contribution in [2.45, 2.75) is 6.92 Å². The number of methoxy groups -OCH3 is 2. The van der Waals surface area contributed by atoms with Gasteiger partial charge in [-0.05, 0) is 102 Å². The summed E-state index contributed by atoms with van der Waals surface area (Å²) < 4.78 is 12.2. The van der Waals surface area contributed by atoms with E-state index in [1.54, 1.807) is 42.0 Å². The summed E-state index contributed by atoms with van der Waals surface area (Å²) in [6.45, 7) is 1.96. The first kappa shape index (κ1) is 27.4. The second-order valence-corrected chi connectivity index (χ2v) is 10.1. The van der Waals surface area contributed by atoms with Gasteiger partial charge in [-0.2, -0.15) is 0 Å². The van der Waals surface area contributed by atoms with Crippen molar-refractivity contribution in [3.8, 4) is 34.8 Å². The van der Waals surface area contributed by atoms with Gasteiger partial charge in [0.2, 0.25) is 0 Å². The Balaban J connectivity index is 1.38. The Bertz CT molecular complexity index is 2170. The number of hydrogen-bond acceptors (Lipinski definition) is 5. The molecule has 6 aromatic rings. The van der Waals surface area contributed by atoms with Crippen molar-refractivity contribution in [3.05, 3.63) is 135 Å². The van der Waals surface area contributed by atoms with Crippen LogP contribution in [0.3, 0.4) is 0 Å². The third-order valence-electron chi connectivity index (χ3n) is 7.27. The van der Waals surface area contributed by atoms with Crippen LogP contribution in [-0.4, -0.2) is 28.9 Å². The van der Waals surface area contributed by atoms with Gasteiger partial charge in [-0.15, -0.1) is 0 Å². The van der Waals surface area contributed by atoms with Crippen molar-refractivity contribution in [1.29, 1.82) is 0 Å².